The summed E-state index contributed by atoms with van der Waals surface area (Å²) in [7, 11) is -5.00. The third-order valence-electron chi connectivity index (χ3n) is 7.62. The molecule has 1 aliphatic rings. The Hall–Kier alpha value is -2.82. The molecule has 1 atom stereocenters. The number of amides is 1. The van der Waals surface area contributed by atoms with E-state index in [9.17, 15) is 14.1 Å². The van der Waals surface area contributed by atoms with Gasteiger partial charge < -0.3 is 19.1 Å². The van der Waals surface area contributed by atoms with Crippen LogP contribution in [0.25, 0.3) is 0 Å². The van der Waals surface area contributed by atoms with Crippen molar-refractivity contribution in [1.82, 2.24) is 0 Å². The Morgan fingerprint density at radius 1 is 1.14 bits per heavy atom. The van der Waals surface area contributed by atoms with Crippen LogP contribution in [-0.2, 0) is 28.1 Å². The van der Waals surface area contributed by atoms with Crippen molar-refractivity contribution < 1.29 is 27.3 Å². The zero-order chi connectivity index (χ0) is 31.2. The van der Waals surface area contributed by atoms with Gasteiger partial charge in [0, 0.05) is 33.6 Å². The van der Waals surface area contributed by atoms with Crippen molar-refractivity contribution in [1.29, 1.82) is 0 Å². The Bertz CT molecular complexity index is 1370. The lowest BCUT2D eigenvalue weighted by molar-refractivity contribution is -0.137. The van der Waals surface area contributed by atoms with Crippen molar-refractivity contribution in [2.75, 3.05) is 35.4 Å². The van der Waals surface area contributed by atoms with E-state index in [0.717, 1.165) is 42.2 Å². The fourth-order valence-electron chi connectivity index (χ4n) is 5.10. The van der Waals surface area contributed by atoms with Gasteiger partial charge in [-0.3, -0.25) is 9.35 Å². The van der Waals surface area contributed by atoms with Crippen LogP contribution in [-0.4, -0.2) is 45.8 Å². The van der Waals surface area contributed by atoms with E-state index < -0.39 is 26.4 Å². The summed E-state index contributed by atoms with van der Waals surface area (Å²) in [5, 5.41) is 2.97. The summed E-state index contributed by atoms with van der Waals surface area (Å²) < 4.78 is 38.1. The third kappa shape index (κ3) is 7.76. The van der Waals surface area contributed by atoms with E-state index in [1.807, 2.05) is 70.3 Å². The van der Waals surface area contributed by atoms with Gasteiger partial charge >= 0.3 is 5.97 Å². The predicted octanol–water partition coefficient (Wildman–Crippen LogP) is 7.79. The minimum Gasteiger partial charge on any atom is -0.463 e. The molecule has 10 heteroatoms. The van der Waals surface area contributed by atoms with Crippen molar-refractivity contribution in [3.8, 4) is 0 Å². The van der Waals surface area contributed by atoms with E-state index in [1.165, 1.54) is 0 Å². The number of thioether (sulfide) groups is 1. The summed E-state index contributed by atoms with van der Waals surface area (Å²) in [6.07, 6.45) is 7.19. The first-order chi connectivity index (χ1) is 19.7. The van der Waals surface area contributed by atoms with E-state index >= 15 is 4.21 Å². The first kappa shape index (κ1) is 33.7. The number of ether oxygens (including phenoxy) is 1. The van der Waals surface area contributed by atoms with Gasteiger partial charge in [-0.2, -0.15) is 0 Å². The van der Waals surface area contributed by atoms with Gasteiger partial charge in [0.2, 0.25) is 5.91 Å². The van der Waals surface area contributed by atoms with Gasteiger partial charge in [0.15, 0.2) is 0 Å². The molecule has 42 heavy (non-hydrogen) atoms. The molecule has 1 amide bonds. The summed E-state index contributed by atoms with van der Waals surface area (Å²) >= 11 is 1.54. The summed E-state index contributed by atoms with van der Waals surface area (Å²) in [4.78, 5) is 27.8. The Morgan fingerprint density at radius 3 is 2.40 bits per heavy atom. The van der Waals surface area contributed by atoms with Crippen LogP contribution >= 0.6 is 11.8 Å². The van der Waals surface area contributed by atoms with Gasteiger partial charge in [0.1, 0.15) is 15.9 Å². The highest BCUT2D eigenvalue weighted by Gasteiger charge is 2.51. The number of anilines is 3. The van der Waals surface area contributed by atoms with Crippen molar-refractivity contribution in [2.45, 2.75) is 77.0 Å². The van der Waals surface area contributed by atoms with Crippen LogP contribution in [0.15, 0.2) is 64.6 Å². The highest BCUT2D eigenvalue weighted by molar-refractivity contribution is 8.11. The molecule has 1 aliphatic heterocycles. The molecule has 1 heterocycles. The maximum atomic E-state index is 15.0. The van der Waals surface area contributed by atoms with Gasteiger partial charge in [-0.15, -0.1) is 11.8 Å². The van der Waals surface area contributed by atoms with Crippen LogP contribution in [0.1, 0.15) is 67.2 Å². The minimum atomic E-state index is -5.00. The summed E-state index contributed by atoms with van der Waals surface area (Å²) in [6, 6.07) is 13.0. The number of rotatable bonds is 11. The maximum absolute atomic E-state index is 15.0. The molecule has 1 unspecified atom stereocenters. The lowest BCUT2D eigenvalue weighted by atomic mass is 9.81. The van der Waals surface area contributed by atoms with Crippen LogP contribution in [0.3, 0.4) is 0 Å². The Balaban J connectivity index is 2.20. The molecule has 8 nitrogen and oxygen atoms in total. The second-order valence-corrected chi connectivity index (χ2v) is 15.7. The lowest BCUT2D eigenvalue weighted by Gasteiger charge is -2.42. The lowest BCUT2D eigenvalue weighted by Crippen LogP contribution is -2.46. The zero-order valence-corrected chi connectivity index (χ0v) is 27.5. The summed E-state index contributed by atoms with van der Waals surface area (Å²) in [5.41, 5.74) is 0.967. The van der Waals surface area contributed by atoms with E-state index in [4.69, 9.17) is 8.92 Å². The molecule has 232 valence electrons. The second-order valence-electron chi connectivity index (χ2n) is 11.9. The highest BCUT2D eigenvalue weighted by Crippen LogP contribution is 2.53. The van der Waals surface area contributed by atoms with Crippen molar-refractivity contribution >= 4 is 50.3 Å². The van der Waals surface area contributed by atoms with E-state index in [1.54, 1.807) is 24.8 Å². The van der Waals surface area contributed by atoms with Crippen molar-refractivity contribution in [2.24, 2.45) is 10.8 Å². The average molecular weight is 619 g/mol. The molecule has 0 bridgehead atoms. The summed E-state index contributed by atoms with van der Waals surface area (Å²) in [5.74, 6) is -0.844. The molecule has 3 rings (SSSR count). The van der Waals surface area contributed by atoms with Crippen molar-refractivity contribution in [3.05, 3.63) is 54.8 Å². The van der Waals surface area contributed by atoms with Crippen LogP contribution in [0.4, 0.5) is 17.1 Å². The Kier molecular flexibility index (Phi) is 10.6. The number of benzene rings is 2. The molecule has 0 fully saturated rings. The number of nitrogens with zero attached hydrogens (tertiary/aromatic N) is 1. The molecule has 0 saturated carbocycles. The van der Waals surface area contributed by atoms with Gasteiger partial charge in [0.05, 0.1) is 29.0 Å². The first-order valence-electron chi connectivity index (χ1n) is 14.5. The largest absolute Gasteiger partial charge is 0.463 e. The Morgan fingerprint density at radius 2 is 1.83 bits per heavy atom. The summed E-state index contributed by atoms with van der Waals surface area (Å²) in [6.45, 7) is 12.1. The standard InChI is InChI=1S/C32H46N2O6S2/c1-8-11-19-32(9-2)22-34(25-14-12-24(13-15-25)33-30(36)31(4,5)6)27-21-26(41-7)16-17-28(27)42(37,38,23-32)40-20-18-29(35)39-10-3/h12-18,20-21H,8-11,19,22-23H2,1-7H3,(H,33,36)(H,37,38)/b20-18+. The number of esters is 1. The zero-order valence-electron chi connectivity index (χ0n) is 25.9. The fraction of sp³-hybridized carbons (Fsp3) is 0.500. The van der Waals surface area contributed by atoms with E-state index in [0.29, 0.717) is 24.3 Å². The quantitative estimate of drug-likeness (QED) is 0.114. The van der Waals surface area contributed by atoms with E-state index in [-0.39, 0.29) is 23.2 Å². The number of carbonyl (C=O) groups is 2. The second kappa shape index (κ2) is 13.2. The molecule has 0 aliphatic carbocycles. The van der Waals surface area contributed by atoms with E-state index in [2.05, 4.69) is 17.1 Å². The first-order valence-corrected chi connectivity index (χ1v) is 17.7. The number of hydrogen-bond donors (Lipinski definition) is 2. The van der Waals surface area contributed by atoms with Crippen LogP contribution in [0.2, 0.25) is 0 Å². The molecule has 0 radical (unpaired) electrons. The smallest absolute Gasteiger partial charge is 0.333 e. The van der Waals surface area contributed by atoms with Crippen LogP contribution in [0, 0.1) is 10.8 Å². The predicted molar refractivity (Wildman–Crippen MR) is 173 cm³/mol. The fourth-order valence-corrected chi connectivity index (χ4v) is 8.58. The number of hydrogen-bond acceptors (Lipinski definition) is 7. The normalized spacial score (nSPS) is 20.6. The topological polar surface area (TPSA) is 105 Å². The number of nitrogens with one attached hydrogen (secondary N) is 1. The molecular formula is C32H46N2O6S2. The SMILES string of the molecule is CCCCC1(CC)CN(c2ccc(NC(=O)C(C)(C)C)cc2)c2cc(SC)ccc2S(=O)(O)(O/C=C/C(=O)OCC)C1. The molecule has 0 aromatic heterocycles. The van der Waals surface area contributed by atoms with Crippen LogP contribution in [0.5, 0.6) is 0 Å². The number of unbranched alkanes of at least 4 members (excludes halogenated alkanes) is 1. The van der Waals surface area contributed by atoms with Gasteiger partial charge in [-0.25, -0.2) is 9.00 Å². The molecular weight excluding hydrogens is 572 g/mol. The third-order valence-corrected chi connectivity index (χ3v) is 11.2. The minimum absolute atomic E-state index is 0.0828. The molecule has 0 saturated heterocycles. The molecule has 2 aromatic carbocycles. The molecule has 0 spiro atoms. The number of fused-ring (bicyclic) bond motifs is 1. The molecule has 2 N–H and O–H groups in total. The maximum Gasteiger partial charge on any atom is 0.333 e. The highest BCUT2D eigenvalue weighted by atomic mass is 32.3. The van der Waals surface area contributed by atoms with Gasteiger partial charge in [-0.05, 0) is 68.5 Å². The Labute approximate surface area is 255 Å². The monoisotopic (exact) mass is 618 g/mol. The average Bonchev–Trinajstić information content (AvgIpc) is 3.02. The number of carbonyl (C=O) groups excluding carboxylic acids is 2. The molecule has 2 aromatic rings. The van der Waals surface area contributed by atoms with Gasteiger partial charge in [-0.1, -0.05) is 47.5 Å². The van der Waals surface area contributed by atoms with Crippen molar-refractivity contribution in [3.63, 3.8) is 0 Å². The van der Waals surface area contributed by atoms with Gasteiger partial charge in [0.25, 0.3) is 0 Å². The van der Waals surface area contributed by atoms with Crippen LogP contribution < -0.4 is 10.2 Å².